The number of non-ortho nitro benzene ring substituents is 1. The SMILES string of the molecule is CC(=O)c1c(F)cccc1Oc1ccc([N+](=O)[O-])cc1F. The van der Waals surface area contributed by atoms with E-state index in [1.165, 1.54) is 12.1 Å². The number of nitro groups is 1. The van der Waals surface area contributed by atoms with Crippen molar-refractivity contribution in [2.45, 2.75) is 6.92 Å². The molecule has 0 aliphatic rings. The number of ether oxygens (including phenoxy) is 1. The molecule has 0 saturated carbocycles. The summed E-state index contributed by atoms with van der Waals surface area (Å²) >= 11 is 0. The van der Waals surface area contributed by atoms with Crippen molar-refractivity contribution >= 4 is 11.5 Å². The zero-order chi connectivity index (χ0) is 15.6. The molecule has 0 unspecified atom stereocenters. The van der Waals surface area contributed by atoms with Gasteiger partial charge in [0.2, 0.25) is 0 Å². The van der Waals surface area contributed by atoms with Crippen LogP contribution < -0.4 is 4.74 Å². The number of hydrogen-bond acceptors (Lipinski definition) is 4. The van der Waals surface area contributed by atoms with E-state index in [1.807, 2.05) is 0 Å². The number of nitro benzene ring substituents is 1. The van der Waals surface area contributed by atoms with Crippen molar-refractivity contribution in [3.8, 4) is 11.5 Å². The first-order valence-corrected chi connectivity index (χ1v) is 5.81. The predicted molar refractivity (Wildman–Crippen MR) is 69.5 cm³/mol. The third kappa shape index (κ3) is 3.02. The molecule has 0 spiro atoms. The van der Waals surface area contributed by atoms with Gasteiger partial charge in [-0.1, -0.05) is 6.07 Å². The van der Waals surface area contributed by atoms with Crippen molar-refractivity contribution in [1.29, 1.82) is 0 Å². The lowest BCUT2D eigenvalue weighted by Gasteiger charge is -2.10. The fraction of sp³-hybridized carbons (Fsp3) is 0.0714. The summed E-state index contributed by atoms with van der Waals surface area (Å²) < 4.78 is 32.5. The molecule has 0 aliphatic carbocycles. The zero-order valence-electron chi connectivity index (χ0n) is 10.8. The lowest BCUT2D eigenvalue weighted by Crippen LogP contribution is -2.01. The lowest BCUT2D eigenvalue weighted by molar-refractivity contribution is -0.385. The molecular formula is C14H9F2NO4. The Balaban J connectivity index is 2.42. The number of carbonyl (C=O) groups excluding carboxylic acids is 1. The summed E-state index contributed by atoms with van der Waals surface area (Å²) in [4.78, 5) is 21.2. The van der Waals surface area contributed by atoms with Gasteiger partial charge in [-0.2, -0.15) is 0 Å². The average molecular weight is 293 g/mol. The first-order valence-electron chi connectivity index (χ1n) is 5.81. The van der Waals surface area contributed by atoms with Crippen LogP contribution in [-0.4, -0.2) is 10.7 Å². The summed E-state index contributed by atoms with van der Waals surface area (Å²) in [6, 6.07) is 6.46. The monoisotopic (exact) mass is 293 g/mol. The van der Waals surface area contributed by atoms with Crippen molar-refractivity contribution in [1.82, 2.24) is 0 Å². The van der Waals surface area contributed by atoms with Gasteiger partial charge in [-0.25, -0.2) is 8.78 Å². The largest absolute Gasteiger partial charge is 0.453 e. The fourth-order valence-electron chi connectivity index (χ4n) is 1.74. The molecule has 7 heteroatoms. The minimum absolute atomic E-state index is 0.157. The number of Topliss-reactive ketones (excluding diaryl/α,β-unsaturated/α-hetero) is 1. The van der Waals surface area contributed by atoms with Crippen LogP contribution in [0, 0.1) is 21.7 Å². The number of benzene rings is 2. The van der Waals surface area contributed by atoms with Crippen LogP contribution >= 0.6 is 0 Å². The summed E-state index contributed by atoms with van der Waals surface area (Å²) in [5.41, 5.74) is -0.749. The maximum absolute atomic E-state index is 13.7. The maximum atomic E-state index is 13.7. The second-order valence-corrected chi connectivity index (χ2v) is 4.14. The van der Waals surface area contributed by atoms with E-state index in [1.54, 1.807) is 0 Å². The molecule has 0 atom stereocenters. The van der Waals surface area contributed by atoms with E-state index in [0.717, 1.165) is 25.1 Å². The Labute approximate surface area is 117 Å². The minimum atomic E-state index is -0.983. The molecule has 0 N–H and O–H groups in total. The van der Waals surface area contributed by atoms with Crippen molar-refractivity contribution in [2.24, 2.45) is 0 Å². The highest BCUT2D eigenvalue weighted by Crippen LogP contribution is 2.30. The molecule has 0 amide bonds. The normalized spacial score (nSPS) is 10.2. The van der Waals surface area contributed by atoms with Gasteiger partial charge in [0, 0.05) is 6.07 Å². The molecule has 0 aliphatic heterocycles. The molecule has 0 heterocycles. The van der Waals surface area contributed by atoms with Crippen molar-refractivity contribution < 1.29 is 23.2 Å². The van der Waals surface area contributed by atoms with Gasteiger partial charge in [0.15, 0.2) is 17.3 Å². The van der Waals surface area contributed by atoms with Gasteiger partial charge in [-0.05, 0) is 25.1 Å². The van der Waals surface area contributed by atoms with Gasteiger partial charge in [0.1, 0.15) is 11.6 Å². The van der Waals surface area contributed by atoms with Crippen molar-refractivity contribution in [3.05, 3.63) is 63.7 Å². The van der Waals surface area contributed by atoms with Crippen LogP contribution in [0.2, 0.25) is 0 Å². The molecule has 5 nitrogen and oxygen atoms in total. The Bertz CT molecular complexity index is 731. The third-order valence-corrected chi connectivity index (χ3v) is 2.67. The van der Waals surface area contributed by atoms with E-state index < -0.39 is 28.0 Å². The number of halogens is 2. The quantitative estimate of drug-likeness (QED) is 0.487. The van der Waals surface area contributed by atoms with E-state index >= 15 is 0 Å². The molecule has 0 aromatic heterocycles. The fourth-order valence-corrected chi connectivity index (χ4v) is 1.74. The topological polar surface area (TPSA) is 69.4 Å². The molecular weight excluding hydrogens is 284 g/mol. The average Bonchev–Trinajstić information content (AvgIpc) is 2.40. The number of rotatable bonds is 4. The molecule has 2 rings (SSSR count). The smallest absolute Gasteiger partial charge is 0.272 e. The Kier molecular flexibility index (Phi) is 3.93. The van der Waals surface area contributed by atoms with Crippen molar-refractivity contribution in [3.63, 3.8) is 0 Å². The Morgan fingerprint density at radius 3 is 2.43 bits per heavy atom. The number of hydrogen-bond donors (Lipinski definition) is 0. The number of carbonyl (C=O) groups is 1. The zero-order valence-corrected chi connectivity index (χ0v) is 10.8. The predicted octanol–water partition coefficient (Wildman–Crippen LogP) is 3.87. The van der Waals surface area contributed by atoms with Gasteiger partial charge in [-0.15, -0.1) is 0 Å². The first kappa shape index (κ1) is 14.6. The summed E-state index contributed by atoms with van der Waals surface area (Å²) in [6.45, 7) is 1.15. The molecule has 0 fully saturated rings. The number of ketones is 1. The second-order valence-electron chi connectivity index (χ2n) is 4.14. The highest BCUT2D eigenvalue weighted by Gasteiger charge is 2.17. The highest BCUT2D eigenvalue weighted by molar-refractivity contribution is 5.97. The van der Waals surface area contributed by atoms with E-state index in [9.17, 15) is 23.7 Å². The summed E-state index contributed by atoms with van der Waals surface area (Å²) in [7, 11) is 0. The number of nitrogens with zero attached hydrogens (tertiary/aromatic N) is 1. The van der Waals surface area contributed by atoms with E-state index in [2.05, 4.69) is 0 Å². The highest BCUT2D eigenvalue weighted by atomic mass is 19.1. The summed E-state index contributed by atoms with van der Waals surface area (Å²) in [5.74, 6) is -2.85. The standard InChI is InChI=1S/C14H9F2NO4/c1-8(18)14-10(15)3-2-4-13(14)21-12-6-5-9(17(19)20)7-11(12)16/h2-7H,1H3. The molecule has 0 saturated heterocycles. The van der Waals surface area contributed by atoms with Crippen LogP contribution in [0.4, 0.5) is 14.5 Å². The lowest BCUT2D eigenvalue weighted by atomic mass is 10.1. The van der Waals surface area contributed by atoms with Gasteiger partial charge < -0.3 is 4.74 Å². The molecule has 0 radical (unpaired) electrons. The molecule has 0 bridgehead atoms. The van der Waals surface area contributed by atoms with E-state index in [4.69, 9.17) is 4.74 Å². The van der Waals surface area contributed by atoms with Crippen LogP contribution in [-0.2, 0) is 0 Å². The van der Waals surface area contributed by atoms with E-state index in [-0.39, 0.29) is 17.1 Å². The van der Waals surface area contributed by atoms with Gasteiger partial charge in [0.25, 0.3) is 5.69 Å². The molecule has 21 heavy (non-hydrogen) atoms. The Hall–Kier alpha value is -2.83. The van der Waals surface area contributed by atoms with Crippen molar-refractivity contribution in [2.75, 3.05) is 0 Å². The Morgan fingerprint density at radius 1 is 1.14 bits per heavy atom. The summed E-state index contributed by atoms with van der Waals surface area (Å²) in [6.07, 6.45) is 0. The Morgan fingerprint density at radius 2 is 1.86 bits per heavy atom. The second kappa shape index (κ2) is 5.66. The van der Waals surface area contributed by atoms with Crippen LogP contribution in [0.3, 0.4) is 0 Å². The van der Waals surface area contributed by atoms with Crippen LogP contribution in [0.25, 0.3) is 0 Å². The van der Waals surface area contributed by atoms with Gasteiger partial charge in [0.05, 0.1) is 16.6 Å². The van der Waals surface area contributed by atoms with E-state index in [0.29, 0.717) is 6.07 Å². The van der Waals surface area contributed by atoms with Gasteiger partial charge in [-0.3, -0.25) is 14.9 Å². The minimum Gasteiger partial charge on any atom is -0.453 e. The molecule has 2 aromatic rings. The summed E-state index contributed by atoms with van der Waals surface area (Å²) in [5, 5.41) is 10.5. The molecule has 108 valence electrons. The maximum Gasteiger partial charge on any atom is 0.272 e. The molecule has 2 aromatic carbocycles. The third-order valence-electron chi connectivity index (χ3n) is 2.67. The first-order chi connectivity index (χ1) is 9.90. The van der Waals surface area contributed by atoms with Crippen LogP contribution in [0.5, 0.6) is 11.5 Å². The van der Waals surface area contributed by atoms with Gasteiger partial charge >= 0.3 is 0 Å². The van der Waals surface area contributed by atoms with Crippen LogP contribution in [0.1, 0.15) is 17.3 Å². The van der Waals surface area contributed by atoms with Crippen LogP contribution in [0.15, 0.2) is 36.4 Å².